The molecule has 6 heteroatoms. The van der Waals surface area contributed by atoms with Crippen LogP contribution >= 0.6 is 0 Å². The first-order valence-corrected chi connectivity index (χ1v) is 6.51. The molecule has 0 aromatic carbocycles. The second kappa shape index (κ2) is 6.70. The van der Waals surface area contributed by atoms with Crippen molar-refractivity contribution in [3.05, 3.63) is 0 Å². The van der Waals surface area contributed by atoms with Crippen LogP contribution in [0.3, 0.4) is 0 Å². The second-order valence-corrected chi connectivity index (χ2v) is 4.88. The largest absolute Gasteiger partial charge is 0.351 e. The molecule has 3 unspecified atom stereocenters. The molecular formula is C12H24N4O2. The lowest BCUT2D eigenvalue weighted by Crippen LogP contribution is -2.55. The predicted molar refractivity (Wildman–Crippen MR) is 70.0 cm³/mol. The third-order valence-electron chi connectivity index (χ3n) is 3.83. The number of carbonyl (C=O) groups is 2. The van der Waals surface area contributed by atoms with Crippen LogP contribution in [0.1, 0.15) is 26.7 Å². The van der Waals surface area contributed by atoms with Crippen LogP contribution in [0.2, 0.25) is 0 Å². The van der Waals surface area contributed by atoms with Crippen LogP contribution in [0.25, 0.3) is 0 Å². The van der Waals surface area contributed by atoms with E-state index in [1.807, 2.05) is 14.0 Å². The van der Waals surface area contributed by atoms with Crippen molar-refractivity contribution in [3.63, 3.8) is 0 Å². The van der Waals surface area contributed by atoms with Crippen molar-refractivity contribution < 1.29 is 9.59 Å². The summed E-state index contributed by atoms with van der Waals surface area (Å²) in [5.41, 5.74) is 4.96. The number of likely N-dealkylation sites (tertiary alicyclic amines) is 1. The molecule has 3 atom stereocenters. The molecule has 1 rings (SSSR count). The predicted octanol–water partition coefficient (Wildman–Crippen LogP) is -0.110. The number of nitrogens with two attached hydrogens (primary N) is 1. The molecule has 1 aliphatic rings. The highest BCUT2D eigenvalue weighted by molar-refractivity contribution is 5.96. The number of carbonyl (C=O) groups excluding carboxylic acids is 2. The highest BCUT2D eigenvalue weighted by atomic mass is 16.2. The number of amides is 3. The summed E-state index contributed by atoms with van der Waals surface area (Å²) in [7, 11) is 1.98. The van der Waals surface area contributed by atoms with Gasteiger partial charge in [0, 0.05) is 19.1 Å². The van der Waals surface area contributed by atoms with Crippen molar-refractivity contribution in [2.24, 2.45) is 11.7 Å². The van der Waals surface area contributed by atoms with E-state index in [9.17, 15) is 9.59 Å². The number of piperidine rings is 1. The van der Waals surface area contributed by atoms with Gasteiger partial charge in [-0.25, -0.2) is 4.79 Å². The van der Waals surface area contributed by atoms with E-state index in [0.717, 1.165) is 25.9 Å². The fourth-order valence-electron chi connectivity index (χ4n) is 2.60. The topological polar surface area (TPSA) is 87.5 Å². The van der Waals surface area contributed by atoms with Crippen molar-refractivity contribution in [2.45, 2.75) is 38.8 Å². The van der Waals surface area contributed by atoms with E-state index in [2.05, 4.69) is 22.5 Å². The van der Waals surface area contributed by atoms with Crippen molar-refractivity contribution >= 4 is 11.9 Å². The maximum absolute atomic E-state index is 11.7. The molecule has 1 fully saturated rings. The van der Waals surface area contributed by atoms with Gasteiger partial charge in [-0.05, 0) is 26.3 Å². The minimum Gasteiger partial charge on any atom is -0.351 e. The van der Waals surface area contributed by atoms with Gasteiger partial charge in [-0.2, -0.15) is 0 Å². The van der Waals surface area contributed by atoms with Gasteiger partial charge in [-0.3, -0.25) is 15.0 Å². The fourth-order valence-corrected chi connectivity index (χ4v) is 2.60. The average Bonchev–Trinajstić information content (AvgIpc) is 2.36. The minimum absolute atomic E-state index is 0.315. The molecule has 1 heterocycles. The van der Waals surface area contributed by atoms with Crippen LogP contribution < -0.4 is 16.4 Å². The van der Waals surface area contributed by atoms with Gasteiger partial charge in [0.2, 0.25) is 5.91 Å². The highest BCUT2D eigenvalue weighted by Gasteiger charge is 2.31. The standard InChI is InChI=1S/C12H24N4O2/c1-4-9-7-16(6-5-10(9)14-3)8(2)11(17)15-12(13)18/h8-10,14H,4-7H2,1-3H3,(H3,13,15,17,18). The van der Waals surface area contributed by atoms with Crippen molar-refractivity contribution in [1.82, 2.24) is 15.5 Å². The van der Waals surface area contributed by atoms with Crippen molar-refractivity contribution in [3.8, 4) is 0 Å². The Morgan fingerprint density at radius 1 is 1.50 bits per heavy atom. The summed E-state index contributed by atoms with van der Waals surface area (Å²) >= 11 is 0. The Labute approximate surface area is 108 Å². The number of urea groups is 1. The maximum atomic E-state index is 11.7. The summed E-state index contributed by atoms with van der Waals surface area (Å²) in [5, 5.41) is 5.47. The molecule has 6 nitrogen and oxygen atoms in total. The first-order chi connectivity index (χ1) is 8.49. The first-order valence-electron chi connectivity index (χ1n) is 6.51. The van der Waals surface area contributed by atoms with Gasteiger partial charge in [0.15, 0.2) is 0 Å². The molecule has 0 bridgehead atoms. The SMILES string of the molecule is CCC1CN(C(C)C(=O)NC(N)=O)CCC1NC. The van der Waals surface area contributed by atoms with Gasteiger partial charge in [-0.1, -0.05) is 13.3 Å². The molecule has 0 aromatic heterocycles. The molecule has 1 aliphatic heterocycles. The van der Waals surface area contributed by atoms with Gasteiger partial charge >= 0.3 is 6.03 Å². The summed E-state index contributed by atoms with van der Waals surface area (Å²) < 4.78 is 0. The molecular weight excluding hydrogens is 232 g/mol. The van der Waals surface area contributed by atoms with E-state index in [1.54, 1.807) is 0 Å². The van der Waals surface area contributed by atoms with Gasteiger partial charge in [0.05, 0.1) is 6.04 Å². The van der Waals surface area contributed by atoms with Crippen molar-refractivity contribution in [1.29, 1.82) is 0 Å². The van der Waals surface area contributed by atoms with Crippen LogP contribution in [0.15, 0.2) is 0 Å². The second-order valence-electron chi connectivity index (χ2n) is 4.88. The molecule has 0 aliphatic carbocycles. The van der Waals surface area contributed by atoms with E-state index in [0.29, 0.717) is 12.0 Å². The normalized spacial score (nSPS) is 26.6. The Morgan fingerprint density at radius 2 is 2.17 bits per heavy atom. The summed E-state index contributed by atoms with van der Waals surface area (Å²) in [5.74, 6) is 0.216. The quantitative estimate of drug-likeness (QED) is 0.655. The van der Waals surface area contributed by atoms with E-state index in [-0.39, 0.29) is 11.9 Å². The van der Waals surface area contributed by atoms with E-state index in [4.69, 9.17) is 5.73 Å². The Morgan fingerprint density at radius 3 is 2.67 bits per heavy atom. The van der Waals surface area contributed by atoms with Crippen LogP contribution in [0, 0.1) is 5.92 Å². The van der Waals surface area contributed by atoms with Gasteiger partial charge in [-0.15, -0.1) is 0 Å². The summed E-state index contributed by atoms with van der Waals surface area (Å²) in [4.78, 5) is 24.5. The average molecular weight is 256 g/mol. The Bertz CT molecular complexity index is 308. The molecule has 1 saturated heterocycles. The van der Waals surface area contributed by atoms with Crippen molar-refractivity contribution in [2.75, 3.05) is 20.1 Å². The molecule has 4 N–H and O–H groups in total. The summed E-state index contributed by atoms with van der Waals surface area (Å²) in [6.07, 6.45) is 2.09. The molecule has 104 valence electrons. The third kappa shape index (κ3) is 3.68. The van der Waals surface area contributed by atoms with Crippen LogP contribution in [-0.2, 0) is 4.79 Å². The number of hydrogen-bond acceptors (Lipinski definition) is 4. The zero-order valence-electron chi connectivity index (χ0n) is 11.4. The van der Waals surface area contributed by atoms with E-state index >= 15 is 0 Å². The number of imide groups is 1. The lowest BCUT2D eigenvalue weighted by molar-refractivity contribution is -0.125. The minimum atomic E-state index is -0.788. The molecule has 0 aromatic rings. The highest BCUT2D eigenvalue weighted by Crippen LogP contribution is 2.21. The Kier molecular flexibility index (Phi) is 5.55. The number of primary amides is 1. The lowest BCUT2D eigenvalue weighted by atomic mass is 9.89. The fraction of sp³-hybridized carbons (Fsp3) is 0.833. The summed E-state index contributed by atoms with van der Waals surface area (Å²) in [6.45, 7) is 5.70. The molecule has 0 spiro atoms. The van der Waals surface area contributed by atoms with Crippen LogP contribution in [0.4, 0.5) is 4.79 Å². The Balaban J connectivity index is 2.57. The molecule has 0 saturated carbocycles. The van der Waals surface area contributed by atoms with Gasteiger partial charge in [0.25, 0.3) is 0 Å². The molecule has 3 amide bonds. The van der Waals surface area contributed by atoms with Crippen LogP contribution in [-0.4, -0.2) is 49.1 Å². The zero-order valence-corrected chi connectivity index (χ0v) is 11.4. The number of nitrogens with zero attached hydrogens (tertiary/aromatic N) is 1. The zero-order chi connectivity index (χ0) is 13.7. The third-order valence-corrected chi connectivity index (χ3v) is 3.83. The number of nitrogens with one attached hydrogen (secondary N) is 2. The lowest BCUT2D eigenvalue weighted by Gasteiger charge is -2.40. The number of hydrogen-bond donors (Lipinski definition) is 3. The monoisotopic (exact) mass is 256 g/mol. The molecule has 18 heavy (non-hydrogen) atoms. The smallest absolute Gasteiger partial charge is 0.318 e. The summed E-state index contributed by atoms with van der Waals surface area (Å²) in [6, 6.07) is -0.592. The Hall–Kier alpha value is -1.14. The molecule has 0 radical (unpaired) electrons. The van der Waals surface area contributed by atoms with E-state index < -0.39 is 6.03 Å². The maximum Gasteiger partial charge on any atom is 0.318 e. The number of rotatable bonds is 4. The van der Waals surface area contributed by atoms with Crippen LogP contribution in [0.5, 0.6) is 0 Å². The van der Waals surface area contributed by atoms with E-state index in [1.165, 1.54) is 0 Å². The van der Waals surface area contributed by atoms with Gasteiger partial charge < -0.3 is 11.1 Å². The van der Waals surface area contributed by atoms with Gasteiger partial charge in [0.1, 0.15) is 0 Å². The first kappa shape index (κ1) is 14.9.